The molecule has 1 atom stereocenters. The van der Waals surface area contributed by atoms with Gasteiger partial charge in [0.25, 0.3) is 0 Å². The zero-order valence-electron chi connectivity index (χ0n) is 12.4. The SMILES string of the molecule is CC(C(=O)O)N1CCN(C(=O)N(CCO)C(C)C)CC1. The maximum atomic E-state index is 12.3. The van der Waals surface area contributed by atoms with Gasteiger partial charge in [0.05, 0.1) is 6.61 Å². The van der Waals surface area contributed by atoms with Crippen LogP contribution in [0.3, 0.4) is 0 Å². The lowest BCUT2D eigenvalue weighted by molar-refractivity contribution is -0.143. The van der Waals surface area contributed by atoms with Crippen molar-refractivity contribution in [2.24, 2.45) is 0 Å². The molecule has 0 aromatic carbocycles. The Balaban J connectivity index is 2.55. The fourth-order valence-corrected chi connectivity index (χ4v) is 2.32. The fourth-order valence-electron chi connectivity index (χ4n) is 2.32. The predicted octanol–water partition coefficient (Wildman–Crippen LogP) is -0.100. The van der Waals surface area contributed by atoms with Gasteiger partial charge in [-0.15, -0.1) is 0 Å². The summed E-state index contributed by atoms with van der Waals surface area (Å²) in [6, 6.07) is -0.576. The summed E-state index contributed by atoms with van der Waals surface area (Å²) >= 11 is 0. The van der Waals surface area contributed by atoms with Crippen LogP contribution >= 0.6 is 0 Å². The molecule has 0 spiro atoms. The number of hydrogen-bond donors (Lipinski definition) is 2. The highest BCUT2D eigenvalue weighted by Crippen LogP contribution is 2.10. The van der Waals surface area contributed by atoms with Crippen LogP contribution in [0.1, 0.15) is 20.8 Å². The smallest absolute Gasteiger partial charge is 0.320 e. The average Bonchev–Trinajstić information content (AvgIpc) is 2.43. The van der Waals surface area contributed by atoms with E-state index in [1.165, 1.54) is 0 Å². The zero-order valence-corrected chi connectivity index (χ0v) is 12.4. The van der Waals surface area contributed by atoms with Crippen LogP contribution < -0.4 is 0 Å². The molecule has 20 heavy (non-hydrogen) atoms. The summed E-state index contributed by atoms with van der Waals surface area (Å²) in [6.07, 6.45) is 0. The highest BCUT2D eigenvalue weighted by molar-refractivity contribution is 5.75. The first-order valence-electron chi connectivity index (χ1n) is 7.01. The second-order valence-electron chi connectivity index (χ2n) is 5.33. The lowest BCUT2D eigenvalue weighted by Crippen LogP contribution is -2.56. The van der Waals surface area contributed by atoms with Gasteiger partial charge in [-0.1, -0.05) is 0 Å². The van der Waals surface area contributed by atoms with E-state index >= 15 is 0 Å². The number of rotatable bonds is 5. The van der Waals surface area contributed by atoms with Gasteiger partial charge in [-0.25, -0.2) is 4.79 Å². The van der Waals surface area contributed by atoms with Crippen molar-refractivity contribution in [3.05, 3.63) is 0 Å². The topological polar surface area (TPSA) is 84.3 Å². The van der Waals surface area contributed by atoms with Crippen molar-refractivity contribution >= 4 is 12.0 Å². The van der Waals surface area contributed by atoms with Gasteiger partial charge in [0.15, 0.2) is 0 Å². The van der Waals surface area contributed by atoms with Crippen LogP contribution in [0.15, 0.2) is 0 Å². The van der Waals surface area contributed by atoms with Crippen molar-refractivity contribution in [2.75, 3.05) is 39.3 Å². The fraction of sp³-hybridized carbons (Fsp3) is 0.846. The van der Waals surface area contributed by atoms with Gasteiger partial charge in [-0.3, -0.25) is 9.69 Å². The molecule has 0 aromatic heterocycles. The number of urea groups is 1. The molecule has 0 bridgehead atoms. The number of carbonyl (C=O) groups excluding carboxylic acids is 1. The van der Waals surface area contributed by atoms with Crippen LogP contribution in [-0.2, 0) is 4.79 Å². The number of carbonyl (C=O) groups is 2. The summed E-state index contributed by atoms with van der Waals surface area (Å²) in [6.45, 7) is 7.91. The Hall–Kier alpha value is -1.34. The molecule has 0 saturated carbocycles. The molecule has 1 unspecified atom stereocenters. The van der Waals surface area contributed by atoms with Gasteiger partial charge in [-0.2, -0.15) is 0 Å². The van der Waals surface area contributed by atoms with Crippen molar-refractivity contribution in [1.29, 1.82) is 0 Å². The van der Waals surface area contributed by atoms with Crippen molar-refractivity contribution in [1.82, 2.24) is 14.7 Å². The Morgan fingerprint density at radius 2 is 1.70 bits per heavy atom. The summed E-state index contributed by atoms with van der Waals surface area (Å²) in [7, 11) is 0. The van der Waals surface area contributed by atoms with Gasteiger partial charge in [0.1, 0.15) is 6.04 Å². The van der Waals surface area contributed by atoms with Crippen LogP contribution in [0.2, 0.25) is 0 Å². The lowest BCUT2D eigenvalue weighted by Gasteiger charge is -2.39. The second kappa shape index (κ2) is 7.44. The van der Waals surface area contributed by atoms with E-state index in [0.29, 0.717) is 32.7 Å². The molecule has 1 rings (SSSR count). The third-order valence-electron chi connectivity index (χ3n) is 3.70. The minimum atomic E-state index is -0.839. The maximum absolute atomic E-state index is 12.3. The number of aliphatic hydroxyl groups is 1. The number of nitrogens with zero attached hydrogens (tertiary/aromatic N) is 3. The Kier molecular flexibility index (Phi) is 6.22. The van der Waals surface area contributed by atoms with E-state index < -0.39 is 12.0 Å². The number of amides is 2. The van der Waals surface area contributed by atoms with Gasteiger partial charge in [0.2, 0.25) is 0 Å². The number of aliphatic hydroxyl groups excluding tert-OH is 1. The summed E-state index contributed by atoms with van der Waals surface area (Å²) in [5, 5.41) is 18.0. The van der Waals surface area contributed by atoms with Crippen molar-refractivity contribution in [3.63, 3.8) is 0 Å². The third-order valence-corrected chi connectivity index (χ3v) is 3.70. The molecule has 0 aliphatic carbocycles. The highest BCUT2D eigenvalue weighted by Gasteiger charge is 2.29. The van der Waals surface area contributed by atoms with Crippen molar-refractivity contribution < 1.29 is 19.8 Å². The number of piperazine rings is 1. The van der Waals surface area contributed by atoms with Crippen LogP contribution in [0.4, 0.5) is 4.79 Å². The zero-order chi connectivity index (χ0) is 15.3. The van der Waals surface area contributed by atoms with Crippen LogP contribution in [-0.4, -0.2) is 88.3 Å². The maximum Gasteiger partial charge on any atom is 0.320 e. The average molecular weight is 287 g/mol. The monoisotopic (exact) mass is 287 g/mol. The minimum absolute atomic E-state index is 0.0330. The number of carboxylic acids is 1. The van der Waals surface area contributed by atoms with Crippen LogP contribution in [0.5, 0.6) is 0 Å². The van der Waals surface area contributed by atoms with E-state index in [9.17, 15) is 9.59 Å². The Morgan fingerprint density at radius 3 is 2.10 bits per heavy atom. The summed E-state index contributed by atoms with van der Waals surface area (Å²) in [5.41, 5.74) is 0. The highest BCUT2D eigenvalue weighted by atomic mass is 16.4. The molecular formula is C13H25N3O4. The van der Waals surface area contributed by atoms with E-state index in [4.69, 9.17) is 10.2 Å². The van der Waals surface area contributed by atoms with E-state index in [2.05, 4.69) is 0 Å². The first-order valence-corrected chi connectivity index (χ1v) is 7.01. The summed E-state index contributed by atoms with van der Waals surface area (Å²) in [5.74, 6) is -0.839. The molecule has 1 heterocycles. The first kappa shape index (κ1) is 16.7. The predicted molar refractivity (Wildman–Crippen MR) is 74.6 cm³/mol. The molecular weight excluding hydrogens is 262 g/mol. The summed E-state index contributed by atoms with van der Waals surface area (Å²) < 4.78 is 0. The van der Waals surface area contributed by atoms with Gasteiger partial charge in [-0.05, 0) is 20.8 Å². The minimum Gasteiger partial charge on any atom is -0.480 e. The molecule has 2 amide bonds. The van der Waals surface area contributed by atoms with Crippen LogP contribution in [0.25, 0.3) is 0 Å². The summed E-state index contributed by atoms with van der Waals surface area (Å²) in [4.78, 5) is 28.5. The number of carboxylic acid groups (broad SMARTS) is 1. The van der Waals surface area contributed by atoms with Gasteiger partial charge < -0.3 is 20.0 Å². The number of aliphatic carboxylic acids is 1. The second-order valence-corrected chi connectivity index (χ2v) is 5.33. The lowest BCUT2D eigenvalue weighted by atomic mass is 10.2. The van der Waals surface area contributed by atoms with Crippen LogP contribution in [0, 0.1) is 0 Å². The van der Waals surface area contributed by atoms with Gasteiger partial charge in [0, 0.05) is 38.8 Å². The van der Waals surface area contributed by atoms with E-state index in [-0.39, 0.29) is 18.7 Å². The quantitative estimate of drug-likeness (QED) is 0.737. The normalized spacial score (nSPS) is 18.1. The first-order chi connectivity index (χ1) is 9.38. The molecule has 0 aromatic rings. The van der Waals surface area contributed by atoms with E-state index in [1.807, 2.05) is 18.7 Å². The Morgan fingerprint density at radius 1 is 1.15 bits per heavy atom. The standard InChI is InChI=1S/C13H25N3O4/c1-10(2)16(8-9-17)13(20)15-6-4-14(5-7-15)11(3)12(18)19/h10-11,17H,4-9H2,1-3H3,(H,18,19). The molecule has 116 valence electrons. The van der Waals surface area contributed by atoms with E-state index in [0.717, 1.165) is 0 Å². The molecule has 1 fully saturated rings. The number of hydrogen-bond acceptors (Lipinski definition) is 4. The molecule has 1 saturated heterocycles. The molecule has 0 radical (unpaired) electrons. The molecule has 7 heteroatoms. The molecule has 2 N–H and O–H groups in total. The van der Waals surface area contributed by atoms with E-state index in [1.54, 1.807) is 16.7 Å². The molecule has 1 aliphatic rings. The third kappa shape index (κ3) is 4.08. The van der Waals surface area contributed by atoms with Gasteiger partial charge >= 0.3 is 12.0 Å². The Labute approximate surface area is 119 Å². The van der Waals surface area contributed by atoms with Crippen molar-refractivity contribution in [3.8, 4) is 0 Å². The molecule has 1 aliphatic heterocycles. The largest absolute Gasteiger partial charge is 0.480 e. The molecule has 7 nitrogen and oxygen atoms in total. The van der Waals surface area contributed by atoms with Crippen molar-refractivity contribution in [2.45, 2.75) is 32.9 Å². The Bertz CT molecular complexity index is 341.